The molecule has 0 saturated carbocycles. The minimum Gasteiger partial charge on any atom is -0.449 e. The minimum atomic E-state index is -0.938. The van der Waals surface area contributed by atoms with Gasteiger partial charge in [0.15, 0.2) is 6.10 Å². The summed E-state index contributed by atoms with van der Waals surface area (Å²) >= 11 is 5.88. The van der Waals surface area contributed by atoms with E-state index in [0.29, 0.717) is 22.2 Å². The Balaban J connectivity index is 1.70. The molecule has 0 spiro atoms. The Morgan fingerprint density at radius 1 is 1.10 bits per heavy atom. The van der Waals surface area contributed by atoms with Crippen LogP contribution in [0.2, 0.25) is 5.15 Å². The number of carbonyl (C=O) groups excluding carboxylic acids is 2. The van der Waals surface area contributed by atoms with Crippen LogP contribution in [0.4, 0.5) is 5.69 Å². The summed E-state index contributed by atoms with van der Waals surface area (Å²) in [7, 11) is 0. The molecule has 2 unspecified atom stereocenters. The Bertz CT molecular complexity index is 1050. The van der Waals surface area contributed by atoms with Gasteiger partial charge in [-0.25, -0.2) is 9.78 Å². The molecule has 0 bridgehead atoms. The van der Waals surface area contributed by atoms with Gasteiger partial charge in [-0.05, 0) is 61.2 Å². The Morgan fingerprint density at radius 2 is 1.86 bits per heavy atom. The standard InChI is InChI=1S/C23H23ClN2O3/c1-4-14(2)18-7-5-6-8-20(18)26-22(27)15(3)29-23(28)17-9-11-19-16(13-17)10-12-21(24)25-19/h5-15H,4H2,1-3H3,(H,26,27). The van der Waals surface area contributed by atoms with Crippen LogP contribution in [0.1, 0.15) is 49.0 Å². The molecule has 5 nitrogen and oxygen atoms in total. The topological polar surface area (TPSA) is 68.3 Å². The normalized spacial score (nSPS) is 13.0. The van der Waals surface area contributed by atoms with Crippen LogP contribution >= 0.6 is 11.6 Å². The van der Waals surface area contributed by atoms with Crippen molar-refractivity contribution in [1.29, 1.82) is 0 Å². The fourth-order valence-corrected chi connectivity index (χ4v) is 3.16. The van der Waals surface area contributed by atoms with Crippen molar-refractivity contribution >= 4 is 40.1 Å². The van der Waals surface area contributed by atoms with Crippen molar-refractivity contribution < 1.29 is 14.3 Å². The molecule has 6 heteroatoms. The van der Waals surface area contributed by atoms with Gasteiger partial charge in [-0.2, -0.15) is 0 Å². The zero-order chi connectivity index (χ0) is 21.0. The van der Waals surface area contributed by atoms with Crippen LogP contribution in [0.15, 0.2) is 54.6 Å². The summed E-state index contributed by atoms with van der Waals surface area (Å²) in [4.78, 5) is 29.3. The Kier molecular flexibility index (Phi) is 6.49. The maximum atomic E-state index is 12.6. The maximum absolute atomic E-state index is 12.6. The van der Waals surface area contributed by atoms with Crippen LogP contribution in [0.25, 0.3) is 10.9 Å². The maximum Gasteiger partial charge on any atom is 0.338 e. The van der Waals surface area contributed by atoms with Gasteiger partial charge in [0.1, 0.15) is 5.15 Å². The largest absolute Gasteiger partial charge is 0.449 e. The van der Waals surface area contributed by atoms with Crippen molar-refractivity contribution in [3.05, 3.63) is 70.9 Å². The molecule has 1 aromatic heterocycles. The van der Waals surface area contributed by atoms with Gasteiger partial charge >= 0.3 is 5.97 Å². The number of esters is 1. The third kappa shape index (κ3) is 4.93. The van der Waals surface area contributed by atoms with E-state index in [2.05, 4.69) is 24.1 Å². The van der Waals surface area contributed by atoms with E-state index >= 15 is 0 Å². The summed E-state index contributed by atoms with van der Waals surface area (Å²) in [5.41, 5.74) is 2.83. The lowest BCUT2D eigenvalue weighted by molar-refractivity contribution is -0.123. The molecule has 3 aromatic rings. The zero-order valence-corrected chi connectivity index (χ0v) is 17.4. The van der Waals surface area contributed by atoms with Gasteiger partial charge in [-0.1, -0.05) is 43.6 Å². The lowest BCUT2D eigenvalue weighted by atomic mass is 9.97. The van der Waals surface area contributed by atoms with Crippen molar-refractivity contribution in [3.63, 3.8) is 0 Å². The van der Waals surface area contributed by atoms with Gasteiger partial charge in [0, 0.05) is 11.1 Å². The number of fused-ring (bicyclic) bond motifs is 1. The summed E-state index contributed by atoms with van der Waals surface area (Å²) in [6.45, 7) is 5.76. The first-order chi connectivity index (χ1) is 13.9. The van der Waals surface area contributed by atoms with E-state index in [1.54, 1.807) is 37.3 Å². The number of nitrogens with zero attached hydrogens (tertiary/aromatic N) is 1. The first-order valence-corrected chi connectivity index (χ1v) is 9.94. The number of amides is 1. The lowest BCUT2D eigenvalue weighted by Gasteiger charge is -2.18. The molecule has 1 amide bonds. The zero-order valence-electron chi connectivity index (χ0n) is 16.6. The van der Waals surface area contributed by atoms with Crippen LogP contribution in [0.3, 0.4) is 0 Å². The highest BCUT2D eigenvalue weighted by Gasteiger charge is 2.21. The Hall–Kier alpha value is -2.92. The second-order valence-corrected chi connectivity index (χ2v) is 7.36. The fraction of sp³-hybridized carbons (Fsp3) is 0.261. The molecular weight excluding hydrogens is 388 g/mol. The van der Waals surface area contributed by atoms with Crippen LogP contribution in [-0.2, 0) is 9.53 Å². The van der Waals surface area contributed by atoms with E-state index in [9.17, 15) is 9.59 Å². The smallest absolute Gasteiger partial charge is 0.338 e. The molecular formula is C23H23ClN2O3. The first-order valence-electron chi connectivity index (χ1n) is 9.56. The predicted octanol–water partition coefficient (Wildman–Crippen LogP) is 5.59. The molecule has 0 saturated heterocycles. The number of hydrogen-bond acceptors (Lipinski definition) is 4. The average Bonchev–Trinajstić information content (AvgIpc) is 2.73. The molecule has 3 rings (SSSR count). The lowest BCUT2D eigenvalue weighted by Crippen LogP contribution is -2.30. The van der Waals surface area contributed by atoms with Crippen molar-refractivity contribution in [3.8, 4) is 0 Å². The van der Waals surface area contributed by atoms with E-state index in [4.69, 9.17) is 16.3 Å². The molecule has 0 aliphatic carbocycles. The summed E-state index contributed by atoms with van der Waals surface area (Å²) in [5, 5.41) is 4.03. The number of anilines is 1. The average molecular weight is 411 g/mol. The number of aromatic nitrogens is 1. The number of halogens is 1. The van der Waals surface area contributed by atoms with Crippen molar-refractivity contribution in [2.75, 3.05) is 5.32 Å². The summed E-state index contributed by atoms with van der Waals surface area (Å²) in [5.74, 6) is -0.632. The number of carbonyl (C=O) groups is 2. The second-order valence-electron chi connectivity index (χ2n) is 6.97. The Labute approximate surface area is 175 Å². The van der Waals surface area contributed by atoms with Gasteiger partial charge in [0.2, 0.25) is 0 Å². The minimum absolute atomic E-state index is 0.309. The fourth-order valence-electron chi connectivity index (χ4n) is 3.00. The molecule has 1 heterocycles. The van der Waals surface area contributed by atoms with Gasteiger partial charge in [-0.15, -0.1) is 0 Å². The molecule has 0 aliphatic heterocycles. The van der Waals surface area contributed by atoms with E-state index in [1.807, 2.05) is 24.3 Å². The van der Waals surface area contributed by atoms with Crippen molar-refractivity contribution in [1.82, 2.24) is 4.98 Å². The second kappa shape index (κ2) is 9.05. The molecule has 150 valence electrons. The van der Waals surface area contributed by atoms with E-state index < -0.39 is 12.1 Å². The van der Waals surface area contributed by atoms with E-state index in [1.165, 1.54) is 0 Å². The van der Waals surface area contributed by atoms with Gasteiger partial charge in [0.25, 0.3) is 5.91 Å². The third-order valence-corrected chi connectivity index (χ3v) is 5.12. The molecule has 0 fully saturated rings. The summed E-state index contributed by atoms with van der Waals surface area (Å²) in [6, 6.07) is 16.1. The molecule has 29 heavy (non-hydrogen) atoms. The van der Waals surface area contributed by atoms with Crippen molar-refractivity contribution in [2.24, 2.45) is 0 Å². The number of rotatable bonds is 6. The van der Waals surface area contributed by atoms with E-state index in [-0.39, 0.29) is 5.91 Å². The third-order valence-electron chi connectivity index (χ3n) is 4.91. The molecule has 2 atom stereocenters. The molecule has 0 radical (unpaired) electrons. The summed E-state index contributed by atoms with van der Waals surface area (Å²) in [6.07, 6.45) is 0.0194. The van der Waals surface area contributed by atoms with Crippen LogP contribution in [0.5, 0.6) is 0 Å². The van der Waals surface area contributed by atoms with E-state index in [0.717, 1.165) is 23.1 Å². The van der Waals surface area contributed by atoms with Gasteiger partial charge < -0.3 is 10.1 Å². The van der Waals surface area contributed by atoms with Crippen molar-refractivity contribution in [2.45, 2.75) is 39.2 Å². The molecule has 2 aromatic carbocycles. The monoisotopic (exact) mass is 410 g/mol. The van der Waals surface area contributed by atoms with Crippen LogP contribution in [0, 0.1) is 0 Å². The summed E-state index contributed by atoms with van der Waals surface area (Å²) < 4.78 is 5.37. The van der Waals surface area contributed by atoms with Gasteiger partial charge in [-0.3, -0.25) is 4.79 Å². The number of ether oxygens (including phenoxy) is 1. The van der Waals surface area contributed by atoms with Gasteiger partial charge in [0.05, 0.1) is 11.1 Å². The number of benzene rings is 2. The molecule has 1 N–H and O–H groups in total. The quantitative estimate of drug-likeness (QED) is 0.425. The number of hydrogen-bond donors (Lipinski definition) is 1. The number of pyridine rings is 1. The Morgan fingerprint density at radius 3 is 2.62 bits per heavy atom. The number of para-hydroxylation sites is 1. The highest BCUT2D eigenvalue weighted by atomic mass is 35.5. The highest BCUT2D eigenvalue weighted by Crippen LogP contribution is 2.26. The number of nitrogens with one attached hydrogen (secondary N) is 1. The predicted molar refractivity (Wildman–Crippen MR) is 115 cm³/mol. The SMILES string of the molecule is CCC(C)c1ccccc1NC(=O)C(C)OC(=O)c1ccc2nc(Cl)ccc2c1. The molecule has 0 aliphatic rings. The van der Waals surface area contributed by atoms with Crippen LogP contribution < -0.4 is 5.32 Å². The van der Waals surface area contributed by atoms with Crippen LogP contribution in [-0.4, -0.2) is 23.0 Å². The first kappa shape index (κ1) is 20.8. The highest BCUT2D eigenvalue weighted by molar-refractivity contribution is 6.29.